The van der Waals surface area contributed by atoms with E-state index in [0.29, 0.717) is 23.9 Å². The summed E-state index contributed by atoms with van der Waals surface area (Å²) in [6, 6.07) is 9.19. The number of carbonyl (C=O) groups excluding carboxylic acids is 1. The maximum absolute atomic E-state index is 13.0. The summed E-state index contributed by atoms with van der Waals surface area (Å²) in [5.74, 6) is 0.727. The zero-order valence-corrected chi connectivity index (χ0v) is 18.7. The Morgan fingerprint density at radius 1 is 1.19 bits per heavy atom. The summed E-state index contributed by atoms with van der Waals surface area (Å²) in [5.41, 5.74) is 3.58. The number of imidazole rings is 1. The number of hydrogen-bond donors (Lipinski definition) is 0. The van der Waals surface area contributed by atoms with Crippen molar-refractivity contribution >= 4 is 28.9 Å². The fourth-order valence-corrected chi connectivity index (χ4v) is 4.18. The zero-order valence-electron chi connectivity index (χ0n) is 18.0. The number of carbonyl (C=O) groups is 1. The van der Waals surface area contributed by atoms with Crippen molar-refractivity contribution < 1.29 is 4.79 Å². The van der Waals surface area contributed by atoms with Gasteiger partial charge in [0.25, 0.3) is 5.56 Å². The highest BCUT2D eigenvalue weighted by atomic mass is 35.5. The van der Waals surface area contributed by atoms with Crippen molar-refractivity contribution in [2.45, 2.75) is 46.1 Å². The highest BCUT2D eigenvalue weighted by Gasteiger charge is 2.20. The van der Waals surface area contributed by atoms with Crippen LogP contribution >= 0.6 is 11.6 Å². The van der Waals surface area contributed by atoms with Crippen LogP contribution in [0.2, 0.25) is 5.02 Å². The lowest BCUT2D eigenvalue weighted by Gasteiger charge is -2.26. The van der Waals surface area contributed by atoms with Crippen molar-refractivity contribution in [3.05, 3.63) is 63.7 Å². The summed E-state index contributed by atoms with van der Waals surface area (Å²) in [6.07, 6.45) is 7.83. The van der Waals surface area contributed by atoms with Crippen LogP contribution in [-0.4, -0.2) is 37.8 Å². The molecule has 3 aromatic rings. The number of amides is 1. The Bertz CT molecular complexity index is 1190. The van der Waals surface area contributed by atoms with Crippen LogP contribution in [-0.2, 0) is 11.3 Å². The summed E-state index contributed by atoms with van der Waals surface area (Å²) >= 11 is 6.03. The molecular formula is C24H27ClN4O2. The van der Waals surface area contributed by atoms with Crippen molar-refractivity contribution in [3.63, 3.8) is 0 Å². The van der Waals surface area contributed by atoms with E-state index < -0.39 is 0 Å². The van der Waals surface area contributed by atoms with Crippen LogP contribution in [0.1, 0.15) is 45.2 Å². The number of halogens is 1. The average molecular weight is 439 g/mol. The summed E-state index contributed by atoms with van der Waals surface area (Å²) in [4.78, 5) is 31.3. The minimum Gasteiger partial charge on any atom is -0.339 e. The standard InChI is InChI=1S/C24H27ClN4O2/c1-3-4-5-12-28-22(19-10-13-27(14-11-19)17(2)30)15-23(31)29-16-21(26-24(28)29)18-6-8-20(25)9-7-18/h6-10,15-16H,3-5,11-14H2,1-2H3. The van der Waals surface area contributed by atoms with E-state index in [1.807, 2.05) is 29.2 Å². The molecule has 0 bridgehead atoms. The van der Waals surface area contributed by atoms with E-state index in [-0.39, 0.29) is 11.5 Å². The molecule has 4 rings (SSSR count). The van der Waals surface area contributed by atoms with Crippen molar-refractivity contribution in [3.8, 4) is 11.3 Å². The lowest BCUT2D eigenvalue weighted by molar-refractivity contribution is -0.128. The molecule has 0 spiro atoms. The number of aromatic nitrogens is 3. The first kappa shape index (κ1) is 21.4. The van der Waals surface area contributed by atoms with Crippen LogP contribution in [0, 0.1) is 0 Å². The Kier molecular flexibility index (Phi) is 6.28. The number of rotatable bonds is 6. The second-order valence-corrected chi connectivity index (χ2v) is 8.41. The molecule has 0 saturated heterocycles. The Morgan fingerprint density at radius 2 is 1.97 bits per heavy atom. The second kappa shape index (κ2) is 9.10. The second-order valence-electron chi connectivity index (χ2n) is 7.97. The molecule has 2 aromatic heterocycles. The average Bonchev–Trinajstić information content (AvgIpc) is 3.22. The van der Waals surface area contributed by atoms with Crippen molar-refractivity contribution in [1.82, 2.24) is 18.9 Å². The van der Waals surface area contributed by atoms with Gasteiger partial charge in [-0.05, 0) is 30.5 Å². The van der Waals surface area contributed by atoms with Gasteiger partial charge in [0, 0.05) is 49.4 Å². The molecule has 162 valence electrons. The lowest BCUT2D eigenvalue weighted by atomic mass is 10.0. The van der Waals surface area contributed by atoms with E-state index in [4.69, 9.17) is 16.6 Å². The summed E-state index contributed by atoms with van der Waals surface area (Å²) < 4.78 is 3.79. The molecule has 0 N–H and O–H groups in total. The van der Waals surface area contributed by atoms with E-state index >= 15 is 0 Å². The molecule has 0 aliphatic carbocycles. The van der Waals surface area contributed by atoms with Gasteiger partial charge >= 0.3 is 0 Å². The number of unbranched alkanes of at least 4 members (excludes halogenated alkanes) is 2. The Labute approximate surface area is 186 Å². The third-order valence-electron chi connectivity index (χ3n) is 5.83. The number of aryl methyl sites for hydroxylation is 1. The predicted molar refractivity (Wildman–Crippen MR) is 124 cm³/mol. The minimum atomic E-state index is -0.0978. The molecule has 0 unspecified atom stereocenters. The fraction of sp³-hybridized carbons (Fsp3) is 0.375. The first-order chi connectivity index (χ1) is 15.0. The van der Waals surface area contributed by atoms with Crippen molar-refractivity contribution in [2.24, 2.45) is 0 Å². The lowest BCUT2D eigenvalue weighted by Crippen LogP contribution is -2.33. The monoisotopic (exact) mass is 438 g/mol. The topological polar surface area (TPSA) is 59.6 Å². The largest absolute Gasteiger partial charge is 0.339 e. The summed E-state index contributed by atoms with van der Waals surface area (Å²) in [7, 11) is 0. The highest BCUT2D eigenvalue weighted by molar-refractivity contribution is 6.30. The first-order valence-corrected chi connectivity index (χ1v) is 11.2. The number of hydrogen-bond acceptors (Lipinski definition) is 3. The Morgan fingerprint density at radius 3 is 2.61 bits per heavy atom. The van der Waals surface area contributed by atoms with Crippen LogP contribution in [0.25, 0.3) is 22.6 Å². The van der Waals surface area contributed by atoms with Gasteiger partial charge in [-0.3, -0.25) is 14.0 Å². The van der Waals surface area contributed by atoms with Gasteiger partial charge in [-0.2, -0.15) is 0 Å². The molecule has 3 heterocycles. The van der Waals surface area contributed by atoms with Gasteiger partial charge in [0.15, 0.2) is 0 Å². The molecule has 0 fully saturated rings. The van der Waals surface area contributed by atoms with Crippen LogP contribution in [0.5, 0.6) is 0 Å². The molecule has 1 aliphatic rings. The third kappa shape index (κ3) is 4.44. The highest BCUT2D eigenvalue weighted by Crippen LogP contribution is 2.26. The number of fused-ring (bicyclic) bond motifs is 1. The molecule has 1 amide bonds. The van der Waals surface area contributed by atoms with E-state index in [0.717, 1.165) is 54.8 Å². The van der Waals surface area contributed by atoms with E-state index in [2.05, 4.69) is 17.6 Å². The summed E-state index contributed by atoms with van der Waals surface area (Å²) in [5, 5.41) is 0.665. The number of nitrogens with zero attached hydrogens (tertiary/aromatic N) is 4. The fourth-order valence-electron chi connectivity index (χ4n) is 4.05. The third-order valence-corrected chi connectivity index (χ3v) is 6.08. The van der Waals surface area contributed by atoms with Gasteiger partial charge in [0.2, 0.25) is 11.7 Å². The zero-order chi connectivity index (χ0) is 22.0. The molecule has 1 aromatic carbocycles. The van der Waals surface area contributed by atoms with Gasteiger partial charge in [0.1, 0.15) is 0 Å². The van der Waals surface area contributed by atoms with Gasteiger partial charge in [-0.15, -0.1) is 0 Å². The predicted octanol–water partition coefficient (Wildman–Crippen LogP) is 4.64. The van der Waals surface area contributed by atoms with E-state index in [1.165, 1.54) is 0 Å². The van der Waals surface area contributed by atoms with Crippen molar-refractivity contribution in [2.75, 3.05) is 13.1 Å². The molecule has 0 atom stereocenters. The molecule has 0 radical (unpaired) electrons. The van der Waals surface area contributed by atoms with E-state index in [1.54, 1.807) is 23.6 Å². The van der Waals surface area contributed by atoms with E-state index in [9.17, 15) is 9.59 Å². The van der Waals surface area contributed by atoms with Gasteiger partial charge in [-0.25, -0.2) is 4.98 Å². The maximum Gasteiger partial charge on any atom is 0.259 e. The van der Waals surface area contributed by atoms with Crippen LogP contribution in [0.3, 0.4) is 0 Å². The molecule has 0 saturated carbocycles. The minimum absolute atomic E-state index is 0.0759. The first-order valence-electron chi connectivity index (χ1n) is 10.8. The maximum atomic E-state index is 13.0. The smallest absolute Gasteiger partial charge is 0.259 e. The summed E-state index contributed by atoms with van der Waals surface area (Å²) in [6.45, 7) is 5.80. The molecule has 7 heteroatoms. The molecule has 1 aliphatic heterocycles. The van der Waals surface area contributed by atoms with Crippen molar-refractivity contribution in [1.29, 1.82) is 0 Å². The van der Waals surface area contributed by atoms with Gasteiger partial charge < -0.3 is 9.47 Å². The molecule has 6 nitrogen and oxygen atoms in total. The number of benzene rings is 1. The Balaban J connectivity index is 1.82. The molecule has 31 heavy (non-hydrogen) atoms. The van der Waals surface area contributed by atoms with Crippen LogP contribution < -0.4 is 5.56 Å². The Hall–Kier alpha value is -2.86. The van der Waals surface area contributed by atoms with Crippen LogP contribution in [0.4, 0.5) is 0 Å². The quantitative estimate of drug-likeness (QED) is 0.526. The normalized spacial score (nSPS) is 14.2. The van der Waals surface area contributed by atoms with Crippen LogP contribution in [0.15, 0.2) is 47.4 Å². The molecular weight excluding hydrogens is 412 g/mol. The SMILES string of the molecule is CCCCCn1c(C2=CCN(C(C)=O)CC2)cc(=O)n2cc(-c3ccc(Cl)cc3)nc12. The van der Waals surface area contributed by atoms with Gasteiger partial charge in [0.05, 0.1) is 11.4 Å². The van der Waals surface area contributed by atoms with Gasteiger partial charge in [-0.1, -0.05) is 49.6 Å².